The van der Waals surface area contributed by atoms with E-state index in [0.717, 1.165) is 56.9 Å². The summed E-state index contributed by atoms with van der Waals surface area (Å²) in [4.78, 5) is 2.35. The van der Waals surface area contributed by atoms with Gasteiger partial charge in [0.1, 0.15) is 18.2 Å². The quantitative estimate of drug-likeness (QED) is 0.715. The second-order valence-electron chi connectivity index (χ2n) is 6.63. The lowest BCUT2D eigenvalue weighted by Crippen LogP contribution is -2.42. The zero-order valence-corrected chi connectivity index (χ0v) is 17.4. The molecule has 2 aromatic carbocycles. The molecule has 1 fully saturated rings. The third-order valence-electron chi connectivity index (χ3n) is 4.59. The number of nitrogens with zero attached hydrogens (tertiary/aromatic N) is 1. The van der Waals surface area contributed by atoms with E-state index in [1.165, 1.54) is 5.56 Å². The van der Waals surface area contributed by atoms with Crippen molar-refractivity contribution in [2.75, 3.05) is 26.2 Å². The van der Waals surface area contributed by atoms with Crippen molar-refractivity contribution in [3.8, 4) is 5.75 Å². The standard InChI is InChI=1S/C21H27FN2O.2ClH/c1-2-3-17-5-8-20(9-6-17)25-16-19-7-4-18(14-21(19)22)15-24-12-10-23-11-13-24;;/h4-9,14,23H,2-3,10-13,15-16H2,1H3;2*1H. The molecule has 2 aromatic rings. The third-order valence-corrected chi connectivity index (χ3v) is 4.59. The minimum Gasteiger partial charge on any atom is -0.489 e. The summed E-state index contributed by atoms with van der Waals surface area (Å²) in [6.07, 6.45) is 2.20. The van der Waals surface area contributed by atoms with Gasteiger partial charge in [-0.1, -0.05) is 37.6 Å². The molecule has 0 saturated carbocycles. The van der Waals surface area contributed by atoms with Gasteiger partial charge in [0.25, 0.3) is 0 Å². The molecule has 0 radical (unpaired) electrons. The maximum Gasteiger partial charge on any atom is 0.130 e. The zero-order chi connectivity index (χ0) is 17.5. The number of rotatable bonds is 7. The molecular formula is C21H29Cl2FN2O. The fourth-order valence-corrected chi connectivity index (χ4v) is 3.14. The van der Waals surface area contributed by atoms with Crippen LogP contribution in [0, 0.1) is 5.82 Å². The van der Waals surface area contributed by atoms with Crippen molar-refractivity contribution in [2.45, 2.75) is 32.9 Å². The van der Waals surface area contributed by atoms with Crippen LogP contribution in [-0.2, 0) is 19.6 Å². The van der Waals surface area contributed by atoms with Gasteiger partial charge in [-0.25, -0.2) is 4.39 Å². The average molecular weight is 415 g/mol. The van der Waals surface area contributed by atoms with E-state index in [-0.39, 0.29) is 37.2 Å². The topological polar surface area (TPSA) is 24.5 Å². The highest BCUT2D eigenvalue weighted by Gasteiger charge is 2.11. The highest BCUT2D eigenvalue weighted by Crippen LogP contribution is 2.18. The van der Waals surface area contributed by atoms with Gasteiger partial charge >= 0.3 is 0 Å². The first kappa shape index (κ1) is 23.7. The lowest BCUT2D eigenvalue weighted by molar-refractivity contribution is 0.233. The molecular weight excluding hydrogens is 386 g/mol. The van der Waals surface area contributed by atoms with Gasteiger partial charge < -0.3 is 10.1 Å². The van der Waals surface area contributed by atoms with E-state index < -0.39 is 0 Å². The number of hydrogen-bond donors (Lipinski definition) is 1. The molecule has 6 heteroatoms. The van der Waals surface area contributed by atoms with Gasteiger partial charge in [-0.3, -0.25) is 4.90 Å². The Morgan fingerprint density at radius 3 is 2.30 bits per heavy atom. The van der Waals surface area contributed by atoms with Crippen LogP contribution in [0.25, 0.3) is 0 Å². The second-order valence-corrected chi connectivity index (χ2v) is 6.63. The molecule has 0 bridgehead atoms. The number of hydrogen-bond acceptors (Lipinski definition) is 3. The minimum absolute atomic E-state index is 0. The Balaban J connectivity index is 0.00000182. The molecule has 27 heavy (non-hydrogen) atoms. The molecule has 0 amide bonds. The number of nitrogens with one attached hydrogen (secondary N) is 1. The summed E-state index contributed by atoms with van der Waals surface area (Å²) in [6.45, 7) is 7.27. The highest BCUT2D eigenvalue weighted by molar-refractivity contribution is 5.85. The van der Waals surface area contributed by atoms with Crippen LogP contribution in [0.3, 0.4) is 0 Å². The predicted octanol–water partition coefficient (Wildman–Crippen LogP) is 4.61. The summed E-state index contributed by atoms with van der Waals surface area (Å²) in [6, 6.07) is 13.6. The fraction of sp³-hybridized carbons (Fsp3) is 0.429. The van der Waals surface area contributed by atoms with Gasteiger partial charge in [0.2, 0.25) is 0 Å². The Hall–Kier alpha value is -1.33. The monoisotopic (exact) mass is 414 g/mol. The maximum atomic E-state index is 14.4. The van der Waals surface area contributed by atoms with E-state index in [4.69, 9.17) is 4.74 Å². The fourth-order valence-electron chi connectivity index (χ4n) is 3.14. The third kappa shape index (κ3) is 7.30. The first-order valence-corrected chi connectivity index (χ1v) is 9.16. The molecule has 150 valence electrons. The van der Waals surface area contributed by atoms with Crippen molar-refractivity contribution >= 4 is 24.8 Å². The largest absolute Gasteiger partial charge is 0.489 e. The van der Waals surface area contributed by atoms with Crippen molar-refractivity contribution < 1.29 is 9.13 Å². The highest BCUT2D eigenvalue weighted by atomic mass is 35.5. The van der Waals surface area contributed by atoms with Crippen LogP contribution < -0.4 is 10.1 Å². The van der Waals surface area contributed by atoms with Gasteiger partial charge in [-0.05, 0) is 35.7 Å². The minimum atomic E-state index is -0.185. The first-order chi connectivity index (χ1) is 12.2. The van der Waals surface area contributed by atoms with E-state index in [1.54, 1.807) is 6.07 Å². The van der Waals surface area contributed by atoms with Gasteiger partial charge in [0.15, 0.2) is 0 Å². The number of piperazine rings is 1. The molecule has 1 aliphatic heterocycles. The van der Waals surface area contributed by atoms with Crippen LogP contribution in [-0.4, -0.2) is 31.1 Å². The van der Waals surface area contributed by atoms with Crippen molar-refractivity contribution in [1.82, 2.24) is 10.2 Å². The zero-order valence-electron chi connectivity index (χ0n) is 15.7. The molecule has 1 N–H and O–H groups in total. The van der Waals surface area contributed by atoms with Crippen molar-refractivity contribution in [1.29, 1.82) is 0 Å². The number of aryl methyl sites for hydroxylation is 1. The second kappa shape index (κ2) is 12.2. The Labute approximate surface area is 174 Å². The van der Waals surface area contributed by atoms with Crippen molar-refractivity contribution in [3.05, 3.63) is 65.0 Å². The lowest BCUT2D eigenvalue weighted by Gasteiger charge is -2.27. The Bertz CT molecular complexity index is 676. The van der Waals surface area contributed by atoms with Crippen LogP contribution in [0.1, 0.15) is 30.0 Å². The predicted molar refractivity (Wildman–Crippen MR) is 114 cm³/mol. The Morgan fingerprint density at radius 1 is 1.00 bits per heavy atom. The molecule has 0 aromatic heterocycles. The normalized spacial score (nSPS) is 14.1. The van der Waals surface area contributed by atoms with Gasteiger partial charge in [-0.15, -0.1) is 24.8 Å². The molecule has 3 rings (SSSR count). The average Bonchev–Trinajstić information content (AvgIpc) is 2.63. The Morgan fingerprint density at radius 2 is 1.67 bits per heavy atom. The lowest BCUT2D eigenvalue weighted by atomic mass is 10.1. The van der Waals surface area contributed by atoms with Gasteiger partial charge in [0.05, 0.1) is 0 Å². The molecule has 1 heterocycles. The molecule has 3 nitrogen and oxygen atoms in total. The summed E-state index contributed by atoms with van der Waals surface area (Å²) in [5.41, 5.74) is 2.92. The molecule has 1 aliphatic rings. The molecule has 0 unspecified atom stereocenters. The molecule has 0 spiro atoms. The first-order valence-electron chi connectivity index (χ1n) is 9.16. The van der Waals surface area contributed by atoms with Crippen LogP contribution in [0.5, 0.6) is 5.75 Å². The van der Waals surface area contributed by atoms with Crippen LogP contribution >= 0.6 is 24.8 Å². The van der Waals surface area contributed by atoms with E-state index in [2.05, 4.69) is 29.3 Å². The van der Waals surface area contributed by atoms with E-state index >= 15 is 0 Å². The molecule has 1 saturated heterocycles. The van der Waals surface area contributed by atoms with Gasteiger partial charge in [-0.2, -0.15) is 0 Å². The summed E-state index contributed by atoms with van der Waals surface area (Å²) in [5.74, 6) is 0.597. The summed E-state index contributed by atoms with van der Waals surface area (Å²) >= 11 is 0. The summed E-state index contributed by atoms with van der Waals surface area (Å²) in [5, 5.41) is 3.33. The summed E-state index contributed by atoms with van der Waals surface area (Å²) in [7, 11) is 0. The molecule has 0 atom stereocenters. The van der Waals surface area contributed by atoms with Crippen molar-refractivity contribution in [3.63, 3.8) is 0 Å². The van der Waals surface area contributed by atoms with Crippen LogP contribution in [0.15, 0.2) is 42.5 Å². The number of benzene rings is 2. The van der Waals surface area contributed by atoms with E-state index in [0.29, 0.717) is 5.56 Å². The Kier molecular flexibility index (Phi) is 10.7. The van der Waals surface area contributed by atoms with Crippen molar-refractivity contribution in [2.24, 2.45) is 0 Å². The van der Waals surface area contributed by atoms with E-state index in [1.807, 2.05) is 24.3 Å². The van der Waals surface area contributed by atoms with Crippen LogP contribution in [0.4, 0.5) is 4.39 Å². The maximum absolute atomic E-state index is 14.4. The number of ether oxygens (including phenoxy) is 1. The smallest absolute Gasteiger partial charge is 0.130 e. The number of halogens is 3. The molecule has 0 aliphatic carbocycles. The van der Waals surface area contributed by atoms with Gasteiger partial charge in [0, 0.05) is 38.3 Å². The SMILES string of the molecule is CCCc1ccc(OCc2ccc(CN3CCNCC3)cc2F)cc1.Cl.Cl. The summed E-state index contributed by atoms with van der Waals surface area (Å²) < 4.78 is 20.1. The van der Waals surface area contributed by atoms with Crippen LogP contribution in [0.2, 0.25) is 0 Å². The van der Waals surface area contributed by atoms with E-state index in [9.17, 15) is 4.39 Å².